The molecule has 1 radical (unpaired) electrons. The number of pyridine rings is 1. The van der Waals surface area contributed by atoms with E-state index in [2.05, 4.69) is 71.7 Å². The Hall–Kier alpha value is -2.28. The molecule has 0 fully saturated rings. The summed E-state index contributed by atoms with van der Waals surface area (Å²) < 4.78 is 0. The van der Waals surface area contributed by atoms with Crippen LogP contribution >= 0.6 is 0 Å². The summed E-state index contributed by atoms with van der Waals surface area (Å²) in [6.07, 6.45) is 1.84. The van der Waals surface area contributed by atoms with Crippen LogP contribution in [0.1, 0.15) is 0 Å². The van der Waals surface area contributed by atoms with Gasteiger partial charge in [0.25, 0.3) is 0 Å². The summed E-state index contributed by atoms with van der Waals surface area (Å²) in [4.78, 5) is 4.54. The molecule has 23 heavy (non-hydrogen) atoms. The molecule has 1 heterocycles. The Labute approximate surface area is 149 Å². The number of hydrogen-bond donors (Lipinski definition) is 0. The van der Waals surface area contributed by atoms with Crippen LogP contribution < -0.4 is 0 Å². The first-order valence-electron chi connectivity index (χ1n) is 7.33. The Balaban J connectivity index is 0.00000156. The second-order valence-electron chi connectivity index (χ2n) is 5.24. The zero-order valence-corrected chi connectivity index (χ0v) is 14.8. The molecule has 0 aliphatic rings. The maximum Gasteiger partial charge on any atom is 0.0366 e. The largest absolute Gasteiger partial charge is 0.266 e. The van der Waals surface area contributed by atoms with Crippen LogP contribution in [0.25, 0.3) is 33.2 Å². The number of fused-ring (bicyclic) bond motifs is 1. The molecular formula is C21H14IrN-. The van der Waals surface area contributed by atoms with Gasteiger partial charge >= 0.3 is 0 Å². The van der Waals surface area contributed by atoms with Crippen LogP contribution in [-0.2, 0) is 20.1 Å². The topological polar surface area (TPSA) is 12.9 Å². The molecule has 3 aromatic carbocycles. The summed E-state index contributed by atoms with van der Waals surface area (Å²) in [6, 6.07) is 30.3. The standard InChI is InChI=1S/C21H14N.Ir/c1-2-7-16(8-3-1)18-10-4-11-19(15-18)20-13-5-9-17-12-6-14-22-21(17)20;/h1-10,12-15H;/q-1;. The zero-order chi connectivity index (χ0) is 14.8. The molecule has 113 valence electrons. The first-order valence-corrected chi connectivity index (χ1v) is 7.33. The van der Waals surface area contributed by atoms with Gasteiger partial charge in [0, 0.05) is 31.8 Å². The van der Waals surface area contributed by atoms with E-state index in [1.54, 1.807) is 0 Å². The molecule has 2 heteroatoms. The van der Waals surface area contributed by atoms with Crippen LogP contribution in [0.4, 0.5) is 0 Å². The van der Waals surface area contributed by atoms with E-state index in [4.69, 9.17) is 0 Å². The van der Waals surface area contributed by atoms with Crippen LogP contribution in [-0.4, -0.2) is 4.98 Å². The fourth-order valence-electron chi connectivity index (χ4n) is 2.75. The van der Waals surface area contributed by atoms with E-state index >= 15 is 0 Å². The summed E-state index contributed by atoms with van der Waals surface area (Å²) in [5.74, 6) is 0. The van der Waals surface area contributed by atoms with E-state index in [0.717, 1.165) is 22.0 Å². The second kappa shape index (κ2) is 6.87. The molecular weight excluding hydrogens is 458 g/mol. The fourth-order valence-corrected chi connectivity index (χ4v) is 2.75. The van der Waals surface area contributed by atoms with E-state index in [-0.39, 0.29) is 20.1 Å². The molecule has 0 aliphatic heterocycles. The van der Waals surface area contributed by atoms with Gasteiger partial charge in [0.1, 0.15) is 0 Å². The van der Waals surface area contributed by atoms with Crippen LogP contribution in [0.3, 0.4) is 0 Å². The second-order valence-corrected chi connectivity index (χ2v) is 5.24. The number of benzene rings is 3. The van der Waals surface area contributed by atoms with Gasteiger partial charge < -0.3 is 0 Å². The molecule has 4 aromatic rings. The van der Waals surface area contributed by atoms with Crippen molar-refractivity contribution in [3.05, 3.63) is 91.1 Å². The third kappa shape index (κ3) is 3.10. The summed E-state index contributed by atoms with van der Waals surface area (Å²) in [5, 5.41) is 1.15. The molecule has 0 atom stereocenters. The van der Waals surface area contributed by atoms with Gasteiger partial charge in [-0.1, -0.05) is 60.2 Å². The van der Waals surface area contributed by atoms with Gasteiger partial charge in [0.2, 0.25) is 0 Å². The van der Waals surface area contributed by atoms with Crippen molar-refractivity contribution in [2.75, 3.05) is 0 Å². The molecule has 1 nitrogen and oxygen atoms in total. The molecule has 0 unspecified atom stereocenters. The molecule has 0 saturated heterocycles. The first kappa shape index (κ1) is 15.6. The summed E-state index contributed by atoms with van der Waals surface area (Å²) >= 11 is 0. The molecule has 0 aliphatic carbocycles. The van der Waals surface area contributed by atoms with Gasteiger partial charge in [0.15, 0.2) is 0 Å². The van der Waals surface area contributed by atoms with Crippen LogP contribution in [0.15, 0.2) is 85.1 Å². The predicted octanol–water partition coefficient (Wildman–Crippen LogP) is 5.37. The SMILES string of the molecule is [Ir].[c-]1ccc(-c2ccccc2)cc1-c1cccc2cccnc12. The number of aromatic nitrogens is 1. The Bertz CT molecular complexity index is 927. The van der Waals surface area contributed by atoms with Gasteiger partial charge in [-0.25, -0.2) is 0 Å². The van der Waals surface area contributed by atoms with Crippen molar-refractivity contribution in [1.82, 2.24) is 4.98 Å². The van der Waals surface area contributed by atoms with Gasteiger partial charge in [-0.15, -0.1) is 35.4 Å². The van der Waals surface area contributed by atoms with Gasteiger partial charge in [-0.2, -0.15) is 0 Å². The van der Waals surface area contributed by atoms with E-state index in [1.807, 2.05) is 24.4 Å². The van der Waals surface area contributed by atoms with Crippen molar-refractivity contribution < 1.29 is 20.1 Å². The molecule has 0 bridgehead atoms. The van der Waals surface area contributed by atoms with Gasteiger partial charge in [0.05, 0.1) is 0 Å². The molecule has 0 N–H and O–H groups in total. The normalized spacial score (nSPS) is 10.3. The Morgan fingerprint density at radius 1 is 0.739 bits per heavy atom. The summed E-state index contributed by atoms with van der Waals surface area (Å²) in [7, 11) is 0. The molecule has 1 aromatic heterocycles. The Morgan fingerprint density at radius 2 is 1.57 bits per heavy atom. The maximum absolute atomic E-state index is 4.54. The minimum Gasteiger partial charge on any atom is -0.266 e. The van der Waals surface area contributed by atoms with Crippen LogP contribution in [0, 0.1) is 6.07 Å². The average Bonchev–Trinajstić information content (AvgIpc) is 2.62. The Morgan fingerprint density at radius 3 is 2.43 bits per heavy atom. The van der Waals surface area contributed by atoms with Crippen molar-refractivity contribution in [2.24, 2.45) is 0 Å². The molecule has 0 spiro atoms. The van der Waals surface area contributed by atoms with Gasteiger partial charge in [-0.3, -0.25) is 4.98 Å². The number of rotatable bonds is 2. The van der Waals surface area contributed by atoms with Crippen molar-refractivity contribution in [3.8, 4) is 22.3 Å². The average molecular weight is 473 g/mol. The fraction of sp³-hybridized carbons (Fsp3) is 0. The van der Waals surface area contributed by atoms with Crippen molar-refractivity contribution in [3.63, 3.8) is 0 Å². The minimum atomic E-state index is 0. The van der Waals surface area contributed by atoms with E-state index in [1.165, 1.54) is 11.1 Å². The third-order valence-electron chi connectivity index (χ3n) is 3.83. The number of nitrogens with zero attached hydrogens (tertiary/aromatic N) is 1. The van der Waals surface area contributed by atoms with Crippen molar-refractivity contribution >= 4 is 10.9 Å². The van der Waals surface area contributed by atoms with E-state index in [9.17, 15) is 0 Å². The third-order valence-corrected chi connectivity index (χ3v) is 3.83. The summed E-state index contributed by atoms with van der Waals surface area (Å²) in [6.45, 7) is 0. The summed E-state index contributed by atoms with van der Waals surface area (Å²) in [5.41, 5.74) is 5.63. The molecule has 4 rings (SSSR count). The van der Waals surface area contributed by atoms with E-state index < -0.39 is 0 Å². The zero-order valence-electron chi connectivity index (χ0n) is 12.4. The quantitative estimate of drug-likeness (QED) is 0.358. The monoisotopic (exact) mass is 473 g/mol. The van der Waals surface area contributed by atoms with Crippen LogP contribution in [0.2, 0.25) is 0 Å². The maximum atomic E-state index is 4.54. The predicted molar refractivity (Wildman–Crippen MR) is 91.5 cm³/mol. The minimum absolute atomic E-state index is 0. The van der Waals surface area contributed by atoms with E-state index in [0.29, 0.717) is 0 Å². The van der Waals surface area contributed by atoms with Crippen molar-refractivity contribution in [2.45, 2.75) is 0 Å². The Kier molecular flexibility index (Phi) is 4.66. The smallest absolute Gasteiger partial charge is 0.0366 e. The van der Waals surface area contributed by atoms with Gasteiger partial charge in [-0.05, 0) is 17.0 Å². The van der Waals surface area contributed by atoms with Crippen LogP contribution in [0.5, 0.6) is 0 Å². The van der Waals surface area contributed by atoms with Crippen molar-refractivity contribution in [1.29, 1.82) is 0 Å². The molecule has 0 saturated carbocycles. The number of hydrogen-bond acceptors (Lipinski definition) is 1. The first-order chi connectivity index (χ1) is 10.9. The number of para-hydroxylation sites is 1. The molecule has 0 amide bonds.